The van der Waals surface area contributed by atoms with Crippen LogP contribution in [0.15, 0.2) is 16.9 Å². The summed E-state index contributed by atoms with van der Waals surface area (Å²) < 4.78 is 0.582. The van der Waals surface area contributed by atoms with Crippen molar-refractivity contribution in [3.8, 4) is 10.6 Å². The summed E-state index contributed by atoms with van der Waals surface area (Å²) in [6.45, 7) is 0. The summed E-state index contributed by atoms with van der Waals surface area (Å²) in [5.41, 5.74) is 0.289. The minimum atomic E-state index is -1.05. The second kappa shape index (κ2) is 4.15. The molecule has 2 rings (SSSR count). The molecule has 7 heteroatoms. The van der Waals surface area contributed by atoms with E-state index in [1.165, 1.54) is 11.3 Å². The quantitative estimate of drug-likeness (QED) is 0.783. The van der Waals surface area contributed by atoms with E-state index in [0.29, 0.717) is 10.0 Å². The van der Waals surface area contributed by atoms with Gasteiger partial charge in [-0.05, 0) is 12.1 Å². The van der Waals surface area contributed by atoms with Crippen molar-refractivity contribution in [3.05, 3.63) is 32.4 Å². The zero-order valence-electron chi connectivity index (χ0n) is 7.91. The number of hydrogen-bond acceptors (Lipinski definition) is 3. The van der Waals surface area contributed by atoms with Crippen LogP contribution in [-0.2, 0) is 11.2 Å². The first kappa shape index (κ1) is 11.0. The third-order valence-electron chi connectivity index (χ3n) is 2.02. The minimum absolute atomic E-state index is 0.214. The highest BCUT2D eigenvalue weighted by atomic mass is 35.5. The van der Waals surface area contributed by atoms with E-state index >= 15 is 0 Å². The molecule has 16 heavy (non-hydrogen) atoms. The number of carbonyl (C=O) groups is 1. The molecule has 2 aromatic rings. The first-order valence-corrected chi connectivity index (χ1v) is 5.54. The Hall–Kier alpha value is -1.53. The molecule has 0 bridgehead atoms. The lowest BCUT2D eigenvalue weighted by Crippen LogP contribution is -2.11. The average Bonchev–Trinajstić information content (AvgIpc) is 2.75. The van der Waals surface area contributed by atoms with Crippen molar-refractivity contribution in [2.75, 3.05) is 0 Å². The third-order valence-corrected chi connectivity index (χ3v) is 3.27. The van der Waals surface area contributed by atoms with Crippen molar-refractivity contribution < 1.29 is 9.90 Å². The second-order valence-electron chi connectivity index (χ2n) is 3.11. The molecule has 5 nitrogen and oxygen atoms in total. The van der Waals surface area contributed by atoms with Crippen LogP contribution in [0, 0.1) is 0 Å². The number of carboxylic acid groups (broad SMARTS) is 1. The summed E-state index contributed by atoms with van der Waals surface area (Å²) in [6.07, 6.45) is -0.316. The number of aromatic amines is 2. The van der Waals surface area contributed by atoms with Crippen LogP contribution in [0.5, 0.6) is 0 Å². The highest BCUT2D eigenvalue weighted by Gasteiger charge is 2.16. The molecule has 0 amide bonds. The van der Waals surface area contributed by atoms with Crippen molar-refractivity contribution >= 4 is 28.9 Å². The Labute approximate surface area is 98.7 Å². The van der Waals surface area contributed by atoms with E-state index in [9.17, 15) is 9.59 Å². The monoisotopic (exact) mass is 258 g/mol. The van der Waals surface area contributed by atoms with E-state index in [2.05, 4.69) is 10.2 Å². The maximum atomic E-state index is 11.4. The average molecular weight is 259 g/mol. The van der Waals surface area contributed by atoms with E-state index in [1.54, 1.807) is 12.1 Å². The molecule has 0 aromatic carbocycles. The molecule has 0 aliphatic rings. The molecule has 2 aromatic heterocycles. The number of aromatic nitrogens is 2. The molecule has 0 fully saturated rings. The first-order chi connectivity index (χ1) is 7.58. The summed E-state index contributed by atoms with van der Waals surface area (Å²) in [5, 5.41) is 13.7. The maximum Gasteiger partial charge on any atom is 0.308 e. The van der Waals surface area contributed by atoms with Crippen molar-refractivity contribution in [3.63, 3.8) is 0 Å². The van der Waals surface area contributed by atoms with Gasteiger partial charge in [0.05, 0.1) is 26.9 Å². The highest BCUT2D eigenvalue weighted by molar-refractivity contribution is 7.19. The molecule has 0 unspecified atom stereocenters. The fraction of sp³-hybridized carbons (Fsp3) is 0.111. The maximum absolute atomic E-state index is 11.4. The predicted octanol–water partition coefficient (Wildman–Crippen LogP) is 1.71. The smallest absolute Gasteiger partial charge is 0.308 e. The molecular weight excluding hydrogens is 252 g/mol. The van der Waals surface area contributed by atoms with Crippen LogP contribution in [0.3, 0.4) is 0 Å². The van der Waals surface area contributed by atoms with Gasteiger partial charge in [0.2, 0.25) is 0 Å². The van der Waals surface area contributed by atoms with Gasteiger partial charge in [0.15, 0.2) is 0 Å². The molecule has 0 saturated heterocycles. The fourth-order valence-corrected chi connectivity index (χ4v) is 2.43. The Morgan fingerprint density at radius 3 is 2.75 bits per heavy atom. The van der Waals surface area contributed by atoms with Gasteiger partial charge in [-0.25, -0.2) is 0 Å². The third kappa shape index (κ3) is 2.02. The molecule has 84 valence electrons. The number of nitrogens with one attached hydrogen (secondary N) is 2. The topological polar surface area (TPSA) is 85.9 Å². The molecule has 0 aliphatic carbocycles. The summed E-state index contributed by atoms with van der Waals surface area (Å²) in [6, 6.07) is 3.43. The Bertz CT molecular complexity index is 584. The lowest BCUT2D eigenvalue weighted by Gasteiger charge is -1.95. The van der Waals surface area contributed by atoms with Gasteiger partial charge in [-0.1, -0.05) is 11.6 Å². The Balaban J connectivity index is 2.49. The molecule has 3 N–H and O–H groups in total. The highest BCUT2D eigenvalue weighted by Crippen LogP contribution is 2.30. The van der Waals surface area contributed by atoms with Gasteiger partial charge < -0.3 is 5.11 Å². The lowest BCUT2D eigenvalue weighted by atomic mass is 10.1. The standard InChI is InChI=1S/C9H7ClN2O3S/c10-6-2-1-5(16-6)8-4(3-7(13)14)9(15)12-11-8/h1-2H,3H2,(H,13,14)(H2,11,12,15). The summed E-state index contributed by atoms with van der Waals surface area (Å²) in [5.74, 6) is -1.05. The number of halogens is 1. The van der Waals surface area contributed by atoms with Gasteiger partial charge in [-0.15, -0.1) is 11.3 Å². The zero-order valence-corrected chi connectivity index (χ0v) is 9.48. The Morgan fingerprint density at radius 1 is 1.44 bits per heavy atom. The van der Waals surface area contributed by atoms with E-state index in [1.807, 2.05) is 0 Å². The van der Waals surface area contributed by atoms with Gasteiger partial charge in [-0.3, -0.25) is 19.8 Å². The van der Waals surface area contributed by atoms with Crippen LogP contribution >= 0.6 is 22.9 Å². The van der Waals surface area contributed by atoms with E-state index < -0.39 is 11.5 Å². The van der Waals surface area contributed by atoms with Crippen LogP contribution in [0.1, 0.15) is 5.56 Å². The SMILES string of the molecule is O=C(O)Cc1c(-c2ccc(Cl)s2)[nH][nH]c1=O. The summed E-state index contributed by atoms with van der Waals surface area (Å²) in [7, 11) is 0. The van der Waals surface area contributed by atoms with Gasteiger partial charge in [0.1, 0.15) is 0 Å². The van der Waals surface area contributed by atoms with Crippen molar-refractivity contribution in [2.45, 2.75) is 6.42 Å². The number of H-pyrrole nitrogens is 2. The largest absolute Gasteiger partial charge is 0.481 e. The summed E-state index contributed by atoms with van der Waals surface area (Å²) in [4.78, 5) is 22.7. The fourth-order valence-electron chi connectivity index (χ4n) is 1.36. The number of hydrogen-bond donors (Lipinski definition) is 3. The Kier molecular flexibility index (Phi) is 2.84. The van der Waals surface area contributed by atoms with Crippen LogP contribution in [-0.4, -0.2) is 21.3 Å². The van der Waals surface area contributed by atoms with E-state index in [4.69, 9.17) is 16.7 Å². The molecular formula is C9H7ClN2O3S. The van der Waals surface area contributed by atoms with Gasteiger partial charge in [0, 0.05) is 0 Å². The molecule has 2 heterocycles. The normalized spacial score (nSPS) is 10.6. The second-order valence-corrected chi connectivity index (χ2v) is 4.82. The van der Waals surface area contributed by atoms with Crippen LogP contribution in [0.25, 0.3) is 10.6 Å². The zero-order chi connectivity index (χ0) is 11.7. The molecule has 0 saturated carbocycles. The number of carboxylic acids is 1. The number of thiophene rings is 1. The van der Waals surface area contributed by atoms with Crippen molar-refractivity contribution in [2.24, 2.45) is 0 Å². The molecule has 0 atom stereocenters. The Morgan fingerprint density at radius 2 is 2.19 bits per heavy atom. The van der Waals surface area contributed by atoms with Gasteiger partial charge >= 0.3 is 5.97 Å². The predicted molar refractivity (Wildman–Crippen MR) is 61.1 cm³/mol. The lowest BCUT2D eigenvalue weighted by molar-refractivity contribution is -0.136. The van der Waals surface area contributed by atoms with Gasteiger partial charge in [0.25, 0.3) is 5.56 Å². The van der Waals surface area contributed by atoms with Crippen LogP contribution in [0.2, 0.25) is 4.34 Å². The number of rotatable bonds is 3. The van der Waals surface area contributed by atoms with Gasteiger partial charge in [-0.2, -0.15) is 0 Å². The first-order valence-electron chi connectivity index (χ1n) is 4.35. The molecule has 0 aliphatic heterocycles. The van der Waals surface area contributed by atoms with Crippen LogP contribution < -0.4 is 5.56 Å². The number of aliphatic carboxylic acids is 1. The van der Waals surface area contributed by atoms with Crippen LogP contribution in [0.4, 0.5) is 0 Å². The van der Waals surface area contributed by atoms with E-state index in [-0.39, 0.29) is 12.0 Å². The summed E-state index contributed by atoms with van der Waals surface area (Å²) >= 11 is 7.05. The van der Waals surface area contributed by atoms with Crippen molar-refractivity contribution in [1.82, 2.24) is 10.2 Å². The molecule has 0 spiro atoms. The van der Waals surface area contributed by atoms with E-state index in [0.717, 1.165) is 4.88 Å². The molecule has 0 radical (unpaired) electrons. The minimum Gasteiger partial charge on any atom is -0.481 e. The van der Waals surface area contributed by atoms with Crippen molar-refractivity contribution in [1.29, 1.82) is 0 Å².